The van der Waals surface area contributed by atoms with Gasteiger partial charge < -0.3 is 20.5 Å². The van der Waals surface area contributed by atoms with Crippen molar-refractivity contribution in [2.75, 3.05) is 74.7 Å². The predicted octanol–water partition coefficient (Wildman–Crippen LogP) is 7.65. The van der Waals surface area contributed by atoms with Crippen molar-refractivity contribution in [2.24, 2.45) is 23.2 Å². The number of nitrogens with two attached hydrogens (primary N) is 1. The van der Waals surface area contributed by atoms with Crippen molar-refractivity contribution in [2.45, 2.75) is 110 Å². The summed E-state index contributed by atoms with van der Waals surface area (Å²) in [4.78, 5) is 14.0. The highest BCUT2D eigenvalue weighted by atomic mass is 31.2. The first-order chi connectivity index (χ1) is 20.8. The Kier molecular flexibility index (Phi) is 12.1. The summed E-state index contributed by atoms with van der Waals surface area (Å²) >= 11 is 0. The largest absolute Gasteiger partial charge is 0.383 e. The van der Waals surface area contributed by atoms with E-state index in [4.69, 9.17) is 15.2 Å². The Labute approximate surface area is 262 Å². The summed E-state index contributed by atoms with van der Waals surface area (Å²) in [5.74, 6) is 4.77. The van der Waals surface area contributed by atoms with Gasteiger partial charge >= 0.3 is 0 Å². The molecular formula is C34H61N6O2P. The van der Waals surface area contributed by atoms with Gasteiger partial charge in [-0.2, -0.15) is 9.97 Å². The molecular weight excluding hydrogens is 555 g/mol. The minimum atomic E-state index is -2.49. The molecule has 1 aromatic rings. The van der Waals surface area contributed by atoms with Crippen LogP contribution in [0.15, 0.2) is 6.07 Å². The molecule has 2 heterocycles. The molecule has 8 nitrogen and oxygen atoms in total. The third-order valence-corrected chi connectivity index (χ3v) is 13.1. The highest BCUT2D eigenvalue weighted by Crippen LogP contribution is 2.55. The van der Waals surface area contributed by atoms with E-state index in [-0.39, 0.29) is 0 Å². The van der Waals surface area contributed by atoms with Gasteiger partial charge in [-0.15, -0.1) is 0 Å². The predicted molar refractivity (Wildman–Crippen MR) is 180 cm³/mol. The van der Waals surface area contributed by atoms with E-state index in [0.29, 0.717) is 30.5 Å². The standard InChI is InChI=1S/C34H61N6O2P/c1-3-42-43(2,41)25-24-39-20-22-40(23-21-39)32-26-31(35)37-33(38-32)36-27-30-13-11-29(12-14-30)10-7-16-34(18-19-34)17-15-28-8-5-4-6-9-28/h26,28-30H,3-25,27H2,1-2H3,(H3,35,36,37,38). The van der Waals surface area contributed by atoms with E-state index in [2.05, 4.69) is 20.1 Å². The summed E-state index contributed by atoms with van der Waals surface area (Å²) < 4.78 is 17.9. The first-order valence-electron chi connectivity index (χ1n) is 17.9. The molecule has 1 aliphatic heterocycles. The van der Waals surface area contributed by atoms with Crippen LogP contribution in [0.4, 0.5) is 17.6 Å². The van der Waals surface area contributed by atoms with E-state index in [9.17, 15) is 4.57 Å². The fraction of sp³-hybridized carbons (Fsp3) is 0.882. The second-order valence-corrected chi connectivity index (χ2v) is 17.4. The SMILES string of the molecule is CCOP(C)(=O)CCN1CCN(c2cc(N)nc(NCC3CCC(CCCC4(CCC5CCCCC5)CC4)CC3)n2)CC1. The average molecular weight is 617 g/mol. The number of nitrogens with zero attached hydrogens (tertiary/aromatic N) is 4. The fourth-order valence-electron chi connectivity index (χ4n) is 8.07. The lowest BCUT2D eigenvalue weighted by Crippen LogP contribution is -2.47. The van der Waals surface area contributed by atoms with Crippen molar-refractivity contribution >= 4 is 25.0 Å². The van der Waals surface area contributed by atoms with Gasteiger partial charge in [0, 0.05) is 58.2 Å². The van der Waals surface area contributed by atoms with Gasteiger partial charge in [0.15, 0.2) is 0 Å². The first kappa shape index (κ1) is 33.0. The monoisotopic (exact) mass is 616 g/mol. The molecule has 1 aromatic heterocycles. The number of hydrogen-bond acceptors (Lipinski definition) is 8. The summed E-state index contributed by atoms with van der Waals surface area (Å²) in [5, 5.41) is 3.54. The number of nitrogen functional groups attached to an aromatic ring is 1. The summed E-state index contributed by atoms with van der Waals surface area (Å²) in [7, 11) is -2.49. The molecule has 1 unspecified atom stereocenters. The molecule has 1 saturated heterocycles. The zero-order valence-electron chi connectivity index (χ0n) is 27.4. The minimum absolute atomic E-state index is 0.509. The van der Waals surface area contributed by atoms with Crippen molar-refractivity contribution < 1.29 is 9.09 Å². The Balaban J connectivity index is 0.970. The van der Waals surface area contributed by atoms with E-state index >= 15 is 0 Å². The Bertz CT molecular complexity index is 1030. The van der Waals surface area contributed by atoms with Crippen molar-refractivity contribution in [3.63, 3.8) is 0 Å². The molecule has 0 amide bonds. The smallest absolute Gasteiger partial charge is 0.226 e. The van der Waals surface area contributed by atoms with Crippen LogP contribution in [-0.2, 0) is 9.09 Å². The minimum Gasteiger partial charge on any atom is -0.383 e. The Morgan fingerprint density at radius 3 is 2.35 bits per heavy atom. The number of rotatable bonds is 16. The summed E-state index contributed by atoms with van der Waals surface area (Å²) in [6, 6.07) is 1.89. The van der Waals surface area contributed by atoms with Crippen LogP contribution >= 0.6 is 7.37 Å². The van der Waals surface area contributed by atoms with E-state index < -0.39 is 7.37 Å². The fourth-order valence-corrected chi connectivity index (χ4v) is 9.39. The van der Waals surface area contributed by atoms with Crippen LogP contribution in [-0.4, -0.2) is 73.6 Å². The number of hydrogen-bond donors (Lipinski definition) is 2. The molecule has 3 N–H and O–H groups in total. The van der Waals surface area contributed by atoms with Gasteiger partial charge in [-0.25, -0.2) is 0 Å². The molecule has 3 saturated carbocycles. The topological polar surface area (TPSA) is 96.6 Å². The maximum absolute atomic E-state index is 12.5. The third kappa shape index (κ3) is 10.6. The molecule has 0 bridgehead atoms. The molecule has 5 rings (SSSR count). The van der Waals surface area contributed by atoms with Gasteiger partial charge in [0.05, 0.1) is 6.61 Å². The van der Waals surface area contributed by atoms with Gasteiger partial charge in [-0.3, -0.25) is 9.46 Å². The Morgan fingerprint density at radius 2 is 1.65 bits per heavy atom. The summed E-state index contributed by atoms with van der Waals surface area (Å²) in [6.07, 6.45) is 24.0. The van der Waals surface area contributed by atoms with Gasteiger partial charge in [0.2, 0.25) is 13.3 Å². The van der Waals surface area contributed by atoms with Gasteiger partial charge in [-0.1, -0.05) is 57.8 Å². The number of aromatic nitrogens is 2. The summed E-state index contributed by atoms with van der Waals surface area (Å²) in [5.41, 5.74) is 6.97. The van der Waals surface area contributed by atoms with Crippen molar-refractivity contribution in [1.82, 2.24) is 14.9 Å². The molecule has 4 aliphatic rings. The van der Waals surface area contributed by atoms with Crippen LogP contribution in [0.2, 0.25) is 0 Å². The highest BCUT2D eigenvalue weighted by molar-refractivity contribution is 7.58. The second-order valence-electron chi connectivity index (χ2n) is 14.7. The van der Waals surface area contributed by atoms with Crippen LogP contribution in [0.25, 0.3) is 0 Å². The van der Waals surface area contributed by atoms with Crippen molar-refractivity contribution in [3.05, 3.63) is 6.07 Å². The molecule has 0 radical (unpaired) electrons. The summed E-state index contributed by atoms with van der Waals surface area (Å²) in [6.45, 7) is 9.50. The van der Waals surface area contributed by atoms with Crippen LogP contribution in [0.1, 0.15) is 110 Å². The van der Waals surface area contributed by atoms with Crippen LogP contribution in [0.3, 0.4) is 0 Å². The van der Waals surface area contributed by atoms with E-state index in [1.807, 2.05) is 13.0 Å². The van der Waals surface area contributed by atoms with Crippen LogP contribution in [0, 0.1) is 23.2 Å². The maximum atomic E-state index is 12.5. The normalized spacial score (nSPS) is 26.2. The van der Waals surface area contributed by atoms with Crippen molar-refractivity contribution in [3.8, 4) is 0 Å². The molecule has 4 fully saturated rings. The molecule has 244 valence electrons. The number of piperazine rings is 1. The molecule has 9 heteroatoms. The molecule has 0 spiro atoms. The van der Waals surface area contributed by atoms with E-state index in [0.717, 1.165) is 62.3 Å². The lowest BCUT2D eigenvalue weighted by atomic mass is 9.78. The molecule has 3 aliphatic carbocycles. The second kappa shape index (κ2) is 15.8. The first-order valence-corrected chi connectivity index (χ1v) is 20.1. The van der Waals surface area contributed by atoms with Crippen LogP contribution < -0.4 is 16.0 Å². The van der Waals surface area contributed by atoms with Gasteiger partial charge in [-0.05, 0) is 75.0 Å². The van der Waals surface area contributed by atoms with E-state index in [1.54, 1.807) is 6.66 Å². The van der Waals surface area contributed by atoms with Gasteiger partial charge in [0.25, 0.3) is 0 Å². The van der Waals surface area contributed by atoms with Crippen molar-refractivity contribution in [1.29, 1.82) is 0 Å². The van der Waals surface area contributed by atoms with Crippen LogP contribution in [0.5, 0.6) is 0 Å². The Hall–Kier alpha value is -1.37. The Morgan fingerprint density at radius 1 is 0.953 bits per heavy atom. The third-order valence-electron chi connectivity index (χ3n) is 11.3. The zero-order valence-corrected chi connectivity index (χ0v) is 28.3. The molecule has 0 aromatic carbocycles. The average Bonchev–Trinajstić information content (AvgIpc) is 3.79. The number of anilines is 3. The lowest BCUT2D eigenvalue weighted by Gasteiger charge is -2.35. The lowest BCUT2D eigenvalue weighted by molar-refractivity contribution is 0.251. The number of nitrogens with one attached hydrogen (secondary N) is 1. The molecule has 43 heavy (non-hydrogen) atoms. The zero-order chi connectivity index (χ0) is 30.1. The van der Waals surface area contributed by atoms with Gasteiger partial charge in [0.1, 0.15) is 11.6 Å². The maximum Gasteiger partial charge on any atom is 0.226 e. The van der Waals surface area contributed by atoms with E-state index in [1.165, 1.54) is 103 Å². The quantitative estimate of drug-likeness (QED) is 0.183. The highest BCUT2D eigenvalue weighted by Gasteiger charge is 2.41. The molecule has 1 atom stereocenters.